The second kappa shape index (κ2) is 12.2. The van der Waals surface area contributed by atoms with Gasteiger partial charge in [-0.3, -0.25) is 9.59 Å². The molecule has 0 aliphatic carbocycles. The van der Waals surface area contributed by atoms with Crippen molar-refractivity contribution in [3.8, 4) is 0 Å². The van der Waals surface area contributed by atoms with Crippen LogP contribution in [0.3, 0.4) is 0 Å². The summed E-state index contributed by atoms with van der Waals surface area (Å²) in [6, 6.07) is 14.7. The topological polar surface area (TPSA) is 49.4 Å². The second-order valence-electron chi connectivity index (χ2n) is 7.56. The van der Waals surface area contributed by atoms with Gasteiger partial charge in [0.25, 0.3) is 0 Å². The minimum Gasteiger partial charge on any atom is -0.354 e. The third-order valence-corrected chi connectivity index (χ3v) is 6.25. The molecule has 2 rings (SSSR count). The molecule has 0 unspecified atom stereocenters. The van der Waals surface area contributed by atoms with Crippen LogP contribution in [0, 0.1) is 5.92 Å². The first kappa shape index (κ1) is 24.6. The summed E-state index contributed by atoms with van der Waals surface area (Å²) in [6.07, 6.45) is 0. The van der Waals surface area contributed by atoms with E-state index >= 15 is 0 Å². The molecule has 2 aromatic carbocycles. The van der Waals surface area contributed by atoms with Gasteiger partial charge in [-0.2, -0.15) is 0 Å². The molecule has 0 saturated carbocycles. The van der Waals surface area contributed by atoms with Crippen LogP contribution in [0.5, 0.6) is 0 Å². The van der Waals surface area contributed by atoms with Gasteiger partial charge in [0.15, 0.2) is 0 Å². The number of nitrogens with one attached hydrogen (secondary N) is 1. The molecule has 2 aromatic rings. The van der Waals surface area contributed by atoms with Crippen molar-refractivity contribution in [3.63, 3.8) is 0 Å². The van der Waals surface area contributed by atoms with Gasteiger partial charge in [-0.15, -0.1) is 11.8 Å². The Morgan fingerprint density at radius 1 is 1.00 bits per heavy atom. The van der Waals surface area contributed by atoms with E-state index in [0.717, 1.165) is 16.9 Å². The van der Waals surface area contributed by atoms with Gasteiger partial charge in [-0.05, 0) is 36.1 Å². The first-order valence-corrected chi connectivity index (χ1v) is 11.8. The first-order valence-electron chi connectivity index (χ1n) is 9.90. The number of amides is 2. The number of rotatable bonds is 10. The number of nitrogens with zero attached hydrogens (tertiary/aromatic N) is 1. The fraction of sp³-hybridized carbons (Fsp3) is 0.391. The van der Waals surface area contributed by atoms with E-state index in [2.05, 4.69) is 5.32 Å². The lowest BCUT2D eigenvalue weighted by molar-refractivity contribution is -0.138. The van der Waals surface area contributed by atoms with Gasteiger partial charge < -0.3 is 10.2 Å². The zero-order valence-corrected chi connectivity index (χ0v) is 19.9. The number of carbonyl (C=O) groups is 2. The van der Waals surface area contributed by atoms with Crippen LogP contribution in [0.2, 0.25) is 10.0 Å². The molecular formula is C23H28Cl2N2O2S. The normalized spacial score (nSPS) is 11.9. The molecule has 30 heavy (non-hydrogen) atoms. The van der Waals surface area contributed by atoms with Gasteiger partial charge in [0, 0.05) is 18.8 Å². The summed E-state index contributed by atoms with van der Waals surface area (Å²) in [6.45, 7) is 6.68. The molecule has 0 spiro atoms. The van der Waals surface area contributed by atoms with E-state index in [1.54, 1.807) is 24.0 Å². The smallest absolute Gasteiger partial charge is 0.242 e. The van der Waals surface area contributed by atoms with E-state index in [1.807, 2.05) is 50.2 Å². The van der Waals surface area contributed by atoms with Crippen LogP contribution >= 0.6 is 35.0 Å². The van der Waals surface area contributed by atoms with Crippen LogP contribution in [0.25, 0.3) is 0 Å². The van der Waals surface area contributed by atoms with Crippen molar-refractivity contribution >= 4 is 46.8 Å². The minimum absolute atomic E-state index is 0.0887. The van der Waals surface area contributed by atoms with Crippen LogP contribution < -0.4 is 5.32 Å². The van der Waals surface area contributed by atoms with Crippen LogP contribution in [-0.2, 0) is 21.9 Å². The Labute approximate surface area is 193 Å². The summed E-state index contributed by atoms with van der Waals surface area (Å²) in [4.78, 5) is 27.3. The van der Waals surface area contributed by atoms with Crippen molar-refractivity contribution in [2.24, 2.45) is 5.92 Å². The number of hydrogen-bond donors (Lipinski definition) is 1. The molecule has 4 nitrogen and oxygen atoms in total. The largest absolute Gasteiger partial charge is 0.354 e. The lowest BCUT2D eigenvalue weighted by Gasteiger charge is -2.29. The average molecular weight is 467 g/mol. The van der Waals surface area contributed by atoms with E-state index in [4.69, 9.17) is 23.2 Å². The fourth-order valence-corrected chi connectivity index (χ4v) is 3.97. The highest BCUT2D eigenvalue weighted by molar-refractivity contribution is 7.99. The highest BCUT2D eigenvalue weighted by Crippen LogP contribution is 2.24. The van der Waals surface area contributed by atoms with Crippen LogP contribution in [0.15, 0.2) is 48.5 Å². The van der Waals surface area contributed by atoms with E-state index < -0.39 is 6.04 Å². The number of benzene rings is 2. The van der Waals surface area contributed by atoms with Gasteiger partial charge in [0.2, 0.25) is 11.8 Å². The monoisotopic (exact) mass is 466 g/mol. The van der Waals surface area contributed by atoms with Crippen molar-refractivity contribution in [1.29, 1.82) is 0 Å². The number of hydrogen-bond acceptors (Lipinski definition) is 3. The van der Waals surface area contributed by atoms with E-state index in [0.29, 0.717) is 22.5 Å². The van der Waals surface area contributed by atoms with Gasteiger partial charge in [0.1, 0.15) is 6.04 Å². The Morgan fingerprint density at radius 2 is 1.70 bits per heavy atom. The number of carbonyl (C=O) groups excluding carboxylic acids is 2. The summed E-state index contributed by atoms with van der Waals surface area (Å²) in [7, 11) is 0. The second-order valence-corrected chi connectivity index (χ2v) is 9.36. The maximum Gasteiger partial charge on any atom is 0.242 e. The first-order chi connectivity index (χ1) is 14.3. The van der Waals surface area contributed by atoms with Crippen molar-refractivity contribution < 1.29 is 9.59 Å². The molecule has 1 N–H and O–H groups in total. The Kier molecular flexibility index (Phi) is 10.0. The molecule has 0 heterocycles. The van der Waals surface area contributed by atoms with Crippen molar-refractivity contribution in [2.75, 3.05) is 12.3 Å². The molecule has 0 radical (unpaired) electrons. The molecule has 7 heteroatoms. The number of thioether (sulfide) groups is 1. The summed E-state index contributed by atoms with van der Waals surface area (Å²) in [5.74, 6) is 1.11. The number of halogens is 2. The molecule has 0 aromatic heterocycles. The minimum atomic E-state index is -0.594. The lowest BCUT2D eigenvalue weighted by Crippen LogP contribution is -2.48. The molecule has 0 saturated heterocycles. The maximum atomic E-state index is 13.0. The summed E-state index contributed by atoms with van der Waals surface area (Å²) >= 11 is 13.7. The summed E-state index contributed by atoms with van der Waals surface area (Å²) in [5.41, 5.74) is 1.99. The summed E-state index contributed by atoms with van der Waals surface area (Å²) < 4.78 is 0. The molecule has 0 aliphatic heterocycles. The predicted octanol–water partition coefficient (Wildman–Crippen LogP) is 5.42. The highest BCUT2D eigenvalue weighted by atomic mass is 35.5. The van der Waals surface area contributed by atoms with Crippen molar-refractivity contribution in [3.05, 3.63) is 69.7 Å². The highest BCUT2D eigenvalue weighted by Gasteiger charge is 2.26. The van der Waals surface area contributed by atoms with Gasteiger partial charge in [-0.25, -0.2) is 0 Å². The maximum absolute atomic E-state index is 13.0. The molecule has 0 aliphatic rings. The predicted molar refractivity (Wildman–Crippen MR) is 127 cm³/mol. The zero-order valence-electron chi connectivity index (χ0n) is 17.5. The molecule has 2 amide bonds. The van der Waals surface area contributed by atoms with Gasteiger partial charge in [0.05, 0.1) is 15.8 Å². The molecule has 0 fully saturated rings. The third kappa shape index (κ3) is 7.86. The Hall–Kier alpha value is -1.69. The van der Waals surface area contributed by atoms with Gasteiger partial charge in [-0.1, -0.05) is 73.4 Å². The molecular weight excluding hydrogens is 439 g/mol. The SMILES string of the molecule is CC(C)CNC(=O)[C@@H](C)N(Cc1ccc(Cl)c(Cl)c1)C(=O)CSCc1ccccc1. The quantitative estimate of drug-likeness (QED) is 0.508. The van der Waals surface area contributed by atoms with E-state index in [-0.39, 0.29) is 24.1 Å². The Morgan fingerprint density at radius 3 is 2.33 bits per heavy atom. The molecule has 0 bridgehead atoms. The Balaban J connectivity index is 2.08. The zero-order chi connectivity index (χ0) is 22.1. The van der Waals surface area contributed by atoms with Gasteiger partial charge >= 0.3 is 0 Å². The lowest BCUT2D eigenvalue weighted by atomic mass is 10.1. The molecule has 1 atom stereocenters. The van der Waals surface area contributed by atoms with E-state index in [9.17, 15) is 9.59 Å². The van der Waals surface area contributed by atoms with Crippen LogP contribution in [-0.4, -0.2) is 35.1 Å². The fourth-order valence-electron chi connectivity index (χ4n) is 2.78. The van der Waals surface area contributed by atoms with Crippen LogP contribution in [0.4, 0.5) is 0 Å². The van der Waals surface area contributed by atoms with Crippen molar-refractivity contribution in [2.45, 2.75) is 39.1 Å². The third-order valence-electron chi connectivity index (χ3n) is 4.53. The standard InChI is InChI=1S/C23H28Cl2N2O2S/c1-16(2)12-26-23(29)17(3)27(13-19-9-10-20(24)21(25)11-19)22(28)15-30-14-18-7-5-4-6-8-18/h4-11,16-17H,12-15H2,1-3H3,(H,26,29)/t17-/m1/s1. The Bertz CT molecular complexity index is 846. The van der Waals surface area contributed by atoms with Crippen LogP contribution in [0.1, 0.15) is 31.9 Å². The molecule has 162 valence electrons. The van der Waals surface area contributed by atoms with Crippen molar-refractivity contribution in [1.82, 2.24) is 10.2 Å². The van der Waals surface area contributed by atoms with E-state index in [1.165, 1.54) is 11.8 Å². The summed E-state index contributed by atoms with van der Waals surface area (Å²) in [5, 5.41) is 3.80. The average Bonchev–Trinajstić information content (AvgIpc) is 2.72.